The highest BCUT2D eigenvalue weighted by Gasteiger charge is 2.29. The van der Waals surface area contributed by atoms with Crippen molar-refractivity contribution in [2.75, 3.05) is 11.9 Å². The molecule has 0 spiro atoms. The summed E-state index contributed by atoms with van der Waals surface area (Å²) in [6.45, 7) is 5.94. The second kappa shape index (κ2) is 11.6. The van der Waals surface area contributed by atoms with Crippen molar-refractivity contribution in [3.8, 4) is 0 Å². The van der Waals surface area contributed by atoms with Gasteiger partial charge in [-0.15, -0.1) is 11.3 Å². The highest BCUT2D eigenvalue weighted by atomic mass is 32.2. The lowest BCUT2D eigenvalue weighted by atomic mass is 9.95. The van der Waals surface area contributed by atoms with Crippen LogP contribution in [0.1, 0.15) is 70.3 Å². The zero-order valence-corrected chi connectivity index (χ0v) is 23.0. The van der Waals surface area contributed by atoms with Crippen LogP contribution in [0, 0.1) is 0 Å². The Morgan fingerprint density at radius 3 is 2.35 bits per heavy atom. The number of thiophene rings is 1. The molecule has 4 rings (SSSR count). The molecule has 3 aromatic rings. The van der Waals surface area contributed by atoms with Crippen molar-refractivity contribution < 1.29 is 22.7 Å². The number of hydrogen-bond donors (Lipinski definition) is 1. The monoisotopic (exact) mass is 540 g/mol. The average molecular weight is 541 g/mol. The van der Waals surface area contributed by atoms with Crippen LogP contribution in [0.3, 0.4) is 0 Å². The SMILES string of the molecule is CCOC(=O)c1c(NC(=O)c2ccc(S(=O)(=O)N(Cc3ccccc3)C(C)C)cc2)sc2c1CCCC2. The average Bonchev–Trinajstić information content (AvgIpc) is 3.25. The summed E-state index contributed by atoms with van der Waals surface area (Å²) in [6.07, 6.45) is 3.72. The van der Waals surface area contributed by atoms with Gasteiger partial charge in [0.15, 0.2) is 0 Å². The van der Waals surface area contributed by atoms with Gasteiger partial charge in [0.1, 0.15) is 5.00 Å². The van der Waals surface area contributed by atoms with E-state index in [-0.39, 0.29) is 24.1 Å². The minimum absolute atomic E-state index is 0.118. The minimum atomic E-state index is -3.78. The fourth-order valence-corrected chi connectivity index (χ4v) is 7.37. The molecule has 0 saturated heterocycles. The zero-order valence-electron chi connectivity index (χ0n) is 21.3. The van der Waals surface area contributed by atoms with Gasteiger partial charge in [0, 0.05) is 23.0 Å². The van der Waals surface area contributed by atoms with E-state index in [0.29, 0.717) is 16.1 Å². The Kier molecular flexibility index (Phi) is 8.46. The highest BCUT2D eigenvalue weighted by molar-refractivity contribution is 7.89. The van der Waals surface area contributed by atoms with E-state index < -0.39 is 21.9 Å². The lowest BCUT2D eigenvalue weighted by Crippen LogP contribution is -2.36. The number of aryl methyl sites for hydroxylation is 1. The van der Waals surface area contributed by atoms with Crippen LogP contribution in [0.2, 0.25) is 0 Å². The maximum Gasteiger partial charge on any atom is 0.341 e. The van der Waals surface area contributed by atoms with Crippen LogP contribution in [0.15, 0.2) is 59.5 Å². The van der Waals surface area contributed by atoms with E-state index in [1.165, 1.54) is 39.9 Å². The van der Waals surface area contributed by atoms with Crippen LogP contribution in [0.5, 0.6) is 0 Å². The molecule has 1 amide bonds. The molecule has 0 atom stereocenters. The molecule has 1 aliphatic carbocycles. The largest absolute Gasteiger partial charge is 0.462 e. The van der Waals surface area contributed by atoms with E-state index in [4.69, 9.17) is 4.74 Å². The molecule has 7 nitrogen and oxygen atoms in total. The van der Waals surface area contributed by atoms with Gasteiger partial charge in [0.2, 0.25) is 10.0 Å². The Hall–Kier alpha value is -3.01. The van der Waals surface area contributed by atoms with E-state index in [9.17, 15) is 18.0 Å². The molecular formula is C28H32N2O5S2. The second-order valence-corrected chi connectivity index (χ2v) is 12.2. The number of nitrogens with zero attached hydrogens (tertiary/aromatic N) is 1. The number of carbonyl (C=O) groups is 2. The third kappa shape index (κ3) is 5.95. The Morgan fingerprint density at radius 2 is 1.70 bits per heavy atom. The van der Waals surface area contributed by atoms with Crippen molar-refractivity contribution in [1.82, 2.24) is 4.31 Å². The molecule has 196 valence electrons. The topological polar surface area (TPSA) is 92.8 Å². The van der Waals surface area contributed by atoms with Gasteiger partial charge in [-0.05, 0) is 81.8 Å². The zero-order chi connectivity index (χ0) is 26.6. The lowest BCUT2D eigenvalue weighted by Gasteiger charge is -2.26. The number of carbonyl (C=O) groups excluding carboxylic acids is 2. The molecule has 0 aliphatic heterocycles. The summed E-state index contributed by atoms with van der Waals surface area (Å²) in [5.74, 6) is -0.830. The molecule has 9 heteroatoms. The number of anilines is 1. The Morgan fingerprint density at radius 1 is 1.03 bits per heavy atom. The van der Waals surface area contributed by atoms with Crippen molar-refractivity contribution in [2.24, 2.45) is 0 Å². The van der Waals surface area contributed by atoms with Crippen molar-refractivity contribution >= 4 is 38.2 Å². The van der Waals surface area contributed by atoms with Crippen LogP contribution >= 0.6 is 11.3 Å². The predicted molar refractivity (Wildman–Crippen MR) is 146 cm³/mol. The molecule has 37 heavy (non-hydrogen) atoms. The first-order valence-electron chi connectivity index (χ1n) is 12.5. The van der Waals surface area contributed by atoms with Crippen molar-refractivity contribution in [3.05, 3.63) is 81.7 Å². The molecule has 1 heterocycles. The second-order valence-electron chi connectivity index (χ2n) is 9.24. The third-order valence-corrected chi connectivity index (χ3v) is 9.60. The summed E-state index contributed by atoms with van der Waals surface area (Å²) in [4.78, 5) is 27.0. The van der Waals surface area contributed by atoms with E-state index in [2.05, 4.69) is 5.32 Å². The van der Waals surface area contributed by atoms with Gasteiger partial charge >= 0.3 is 5.97 Å². The summed E-state index contributed by atoms with van der Waals surface area (Å²) in [5, 5.41) is 3.36. The van der Waals surface area contributed by atoms with Gasteiger partial charge in [-0.2, -0.15) is 4.31 Å². The molecule has 1 N–H and O–H groups in total. The van der Waals surface area contributed by atoms with Crippen LogP contribution in [0.25, 0.3) is 0 Å². The van der Waals surface area contributed by atoms with E-state index in [1.807, 2.05) is 44.2 Å². The summed E-state index contributed by atoms with van der Waals surface area (Å²) in [7, 11) is -3.78. The van der Waals surface area contributed by atoms with Crippen molar-refractivity contribution in [2.45, 2.75) is 63.9 Å². The molecule has 0 saturated carbocycles. The molecule has 1 aromatic heterocycles. The predicted octanol–water partition coefficient (Wildman–Crippen LogP) is 5.66. The van der Waals surface area contributed by atoms with Crippen LogP contribution in [-0.4, -0.2) is 37.2 Å². The quantitative estimate of drug-likeness (QED) is 0.354. The standard InChI is InChI=1S/C28H32N2O5S2/c1-4-35-28(32)25-23-12-8-9-13-24(23)36-27(25)29-26(31)21-14-16-22(17-15-21)37(33,34)30(19(2)3)18-20-10-6-5-7-11-20/h5-7,10-11,14-17,19H,4,8-9,12-13,18H2,1-3H3,(H,29,31). The molecule has 0 radical (unpaired) electrons. The van der Waals surface area contributed by atoms with E-state index in [0.717, 1.165) is 41.7 Å². The van der Waals surface area contributed by atoms with Crippen LogP contribution < -0.4 is 5.32 Å². The normalized spacial score (nSPS) is 13.4. The van der Waals surface area contributed by atoms with Crippen LogP contribution in [0.4, 0.5) is 5.00 Å². The fraction of sp³-hybridized carbons (Fsp3) is 0.357. The van der Waals surface area contributed by atoms with Gasteiger partial charge in [-0.3, -0.25) is 4.79 Å². The lowest BCUT2D eigenvalue weighted by molar-refractivity contribution is 0.0526. The van der Waals surface area contributed by atoms with Gasteiger partial charge in [0.05, 0.1) is 17.1 Å². The number of hydrogen-bond acceptors (Lipinski definition) is 6. The summed E-state index contributed by atoms with van der Waals surface area (Å²) in [6, 6.07) is 15.1. The number of rotatable bonds is 9. The van der Waals surface area contributed by atoms with Gasteiger partial charge in [-0.1, -0.05) is 30.3 Å². The number of sulfonamides is 1. The number of nitrogens with one attached hydrogen (secondary N) is 1. The van der Waals surface area contributed by atoms with Crippen molar-refractivity contribution in [3.63, 3.8) is 0 Å². The maximum absolute atomic E-state index is 13.4. The Balaban J connectivity index is 1.55. The fourth-order valence-electron chi connectivity index (χ4n) is 4.47. The number of ether oxygens (including phenoxy) is 1. The molecule has 1 aliphatic rings. The maximum atomic E-state index is 13.4. The Bertz CT molecular complexity index is 1360. The summed E-state index contributed by atoms with van der Waals surface area (Å²) in [5.41, 5.74) is 2.62. The number of fused-ring (bicyclic) bond motifs is 1. The Labute approximate surface area is 222 Å². The molecular weight excluding hydrogens is 508 g/mol. The van der Waals surface area contributed by atoms with Gasteiger partial charge in [-0.25, -0.2) is 13.2 Å². The first-order valence-corrected chi connectivity index (χ1v) is 14.8. The number of benzene rings is 2. The molecule has 0 fully saturated rings. The number of esters is 1. The minimum Gasteiger partial charge on any atom is -0.462 e. The summed E-state index contributed by atoms with van der Waals surface area (Å²) < 4.78 is 33.5. The smallest absolute Gasteiger partial charge is 0.341 e. The van der Waals surface area contributed by atoms with Crippen molar-refractivity contribution in [1.29, 1.82) is 0 Å². The highest BCUT2D eigenvalue weighted by Crippen LogP contribution is 2.39. The first-order chi connectivity index (χ1) is 17.7. The van der Waals surface area contributed by atoms with E-state index in [1.54, 1.807) is 6.92 Å². The molecule has 2 aromatic carbocycles. The number of amides is 1. The van der Waals surface area contributed by atoms with Crippen LogP contribution in [-0.2, 0) is 34.1 Å². The first kappa shape index (κ1) is 27.0. The van der Waals surface area contributed by atoms with Gasteiger partial charge in [0.25, 0.3) is 5.91 Å². The molecule has 0 bridgehead atoms. The third-order valence-electron chi connectivity index (χ3n) is 6.36. The van der Waals surface area contributed by atoms with Gasteiger partial charge < -0.3 is 10.1 Å². The summed E-state index contributed by atoms with van der Waals surface area (Å²) >= 11 is 1.42. The van der Waals surface area contributed by atoms with E-state index >= 15 is 0 Å². The molecule has 0 unspecified atom stereocenters.